The van der Waals surface area contributed by atoms with Crippen molar-refractivity contribution in [2.75, 3.05) is 24.6 Å². The normalized spacial score (nSPS) is 17.2. The molecule has 0 bridgehead atoms. The number of halogens is 2. The van der Waals surface area contributed by atoms with E-state index in [9.17, 15) is 4.39 Å². The summed E-state index contributed by atoms with van der Waals surface area (Å²) in [4.78, 5) is 2.20. The van der Waals surface area contributed by atoms with E-state index >= 15 is 0 Å². The van der Waals surface area contributed by atoms with Gasteiger partial charge < -0.3 is 9.64 Å². The fraction of sp³-hybridized carbons (Fsp3) is 0.571. The fourth-order valence-electron chi connectivity index (χ4n) is 2.47. The van der Waals surface area contributed by atoms with E-state index < -0.39 is 0 Å². The number of alkyl halides is 1. The molecule has 1 aromatic carbocycles. The van der Waals surface area contributed by atoms with Crippen molar-refractivity contribution in [3.05, 3.63) is 29.6 Å². The third kappa shape index (κ3) is 2.96. The number of piperidine rings is 1. The van der Waals surface area contributed by atoms with Gasteiger partial charge in [0.1, 0.15) is 5.82 Å². The monoisotopic (exact) mass is 271 g/mol. The van der Waals surface area contributed by atoms with Gasteiger partial charge in [0.25, 0.3) is 0 Å². The summed E-state index contributed by atoms with van der Waals surface area (Å²) in [7, 11) is 0. The van der Waals surface area contributed by atoms with Gasteiger partial charge in [0.2, 0.25) is 0 Å². The first-order valence-corrected chi connectivity index (χ1v) is 6.99. The van der Waals surface area contributed by atoms with Crippen molar-refractivity contribution in [1.29, 1.82) is 0 Å². The second-order valence-electron chi connectivity index (χ2n) is 4.51. The smallest absolute Gasteiger partial charge is 0.129 e. The lowest BCUT2D eigenvalue weighted by atomic mass is 10.1. The van der Waals surface area contributed by atoms with Gasteiger partial charge in [-0.2, -0.15) is 0 Å². The van der Waals surface area contributed by atoms with Crippen LogP contribution in [0.1, 0.15) is 25.3 Å². The summed E-state index contributed by atoms with van der Waals surface area (Å²) in [6.45, 7) is 4.58. The minimum absolute atomic E-state index is 0.213. The summed E-state index contributed by atoms with van der Waals surface area (Å²) in [6.07, 6.45) is 2.33. The van der Waals surface area contributed by atoms with Gasteiger partial charge in [0.05, 0.1) is 12.0 Å². The number of anilines is 1. The summed E-state index contributed by atoms with van der Waals surface area (Å²) in [6, 6.07) is 5.16. The average molecular weight is 272 g/mol. The first-order valence-electron chi connectivity index (χ1n) is 6.46. The molecule has 0 radical (unpaired) electrons. The predicted molar refractivity (Wildman–Crippen MR) is 72.8 cm³/mol. The molecule has 0 amide bonds. The number of hydrogen-bond donors (Lipinski definition) is 0. The van der Waals surface area contributed by atoms with Crippen LogP contribution in [0.25, 0.3) is 0 Å². The number of ether oxygens (including phenoxy) is 1. The van der Waals surface area contributed by atoms with Gasteiger partial charge in [-0.1, -0.05) is 6.07 Å². The topological polar surface area (TPSA) is 12.5 Å². The molecule has 0 aromatic heterocycles. The van der Waals surface area contributed by atoms with Crippen molar-refractivity contribution < 1.29 is 9.13 Å². The minimum atomic E-state index is -0.213. The zero-order valence-electron chi connectivity index (χ0n) is 10.7. The van der Waals surface area contributed by atoms with Gasteiger partial charge in [-0.3, -0.25) is 0 Å². The van der Waals surface area contributed by atoms with Crippen LogP contribution >= 0.6 is 11.6 Å². The molecular weight excluding hydrogens is 253 g/mol. The van der Waals surface area contributed by atoms with Crippen LogP contribution in [0.2, 0.25) is 0 Å². The summed E-state index contributed by atoms with van der Waals surface area (Å²) in [5.74, 6) is 0.00218. The summed E-state index contributed by atoms with van der Waals surface area (Å²) >= 11 is 5.84. The Balaban J connectivity index is 2.07. The van der Waals surface area contributed by atoms with Crippen LogP contribution in [0.4, 0.5) is 10.1 Å². The highest BCUT2D eigenvalue weighted by Gasteiger charge is 2.21. The zero-order chi connectivity index (χ0) is 13.0. The van der Waals surface area contributed by atoms with Gasteiger partial charge >= 0.3 is 0 Å². The highest BCUT2D eigenvalue weighted by molar-refractivity contribution is 6.17. The van der Waals surface area contributed by atoms with E-state index in [1.54, 1.807) is 6.07 Å². The van der Waals surface area contributed by atoms with Crippen molar-refractivity contribution in [2.24, 2.45) is 0 Å². The zero-order valence-corrected chi connectivity index (χ0v) is 11.4. The van der Waals surface area contributed by atoms with Crippen molar-refractivity contribution >= 4 is 17.3 Å². The van der Waals surface area contributed by atoms with Gasteiger partial charge in [0, 0.05) is 30.9 Å². The highest BCUT2D eigenvalue weighted by atomic mass is 35.5. The molecule has 0 atom stereocenters. The molecule has 2 rings (SSSR count). The molecule has 1 aromatic rings. The lowest BCUT2D eigenvalue weighted by molar-refractivity contribution is 0.0459. The number of benzene rings is 1. The van der Waals surface area contributed by atoms with E-state index in [1.165, 1.54) is 6.07 Å². The number of nitrogens with zero attached hydrogens (tertiary/aromatic N) is 1. The van der Waals surface area contributed by atoms with Gasteiger partial charge in [-0.15, -0.1) is 11.6 Å². The number of hydrogen-bond acceptors (Lipinski definition) is 2. The van der Waals surface area contributed by atoms with Crippen molar-refractivity contribution in [1.82, 2.24) is 0 Å². The first kappa shape index (κ1) is 13.6. The maximum Gasteiger partial charge on any atom is 0.129 e. The van der Waals surface area contributed by atoms with Gasteiger partial charge in [-0.25, -0.2) is 4.39 Å². The Morgan fingerprint density at radius 1 is 1.39 bits per heavy atom. The summed E-state index contributed by atoms with van der Waals surface area (Å²) < 4.78 is 19.3. The molecule has 0 saturated carbocycles. The molecule has 4 heteroatoms. The third-order valence-electron chi connectivity index (χ3n) is 3.41. The van der Waals surface area contributed by atoms with Crippen LogP contribution in [0.15, 0.2) is 18.2 Å². The third-order valence-corrected chi connectivity index (χ3v) is 3.68. The standard InChI is InChI=1S/C14H19ClFNO/c1-2-18-11-6-8-17(9-7-11)14-5-3-4-13(16)12(14)10-15/h3-5,11H,2,6-10H2,1H3. The van der Waals surface area contributed by atoms with Gasteiger partial charge in [-0.05, 0) is 31.9 Å². The SMILES string of the molecule is CCOC1CCN(c2cccc(F)c2CCl)CC1. The number of rotatable bonds is 4. The summed E-state index contributed by atoms with van der Waals surface area (Å²) in [5.41, 5.74) is 1.54. The molecule has 1 aliphatic heterocycles. The molecule has 0 spiro atoms. The molecule has 0 aliphatic carbocycles. The minimum Gasteiger partial charge on any atom is -0.378 e. The largest absolute Gasteiger partial charge is 0.378 e. The Morgan fingerprint density at radius 3 is 2.72 bits per heavy atom. The molecule has 1 saturated heterocycles. The molecule has 100 valence electrons. The van der Waals surface area contributed by atoms with Crippen molar-refractivity contribution in [2.45, 2.75) is 31.7 Å². The highest BCUT2D eigenvalue weighted by Crippen LogP contribution is 2.28. The molecule has 0 unspecified atom stereocenters. The predicted octanol–water partition coefficient (Wildman–Crippen LogP) is 3.57. The Labute approximate surface area is 113 Å². The van der Waals surface area contributed by atoms with E-state index in [1.807, 2.05) is 13.0 Å². The van der Waals surface area contributed by atoms with E-state index in [-0.39, 0.29) is 11.7 Å². The fourth-order valence-corrected chi connectivity index (χ4v) is 2.74. The van der Waals surface area contributed by atoms with Crippen LogP contribution in [-0.2, 0) is 10.6 Å². The Kier molecular flexibility index (Phi) is 4.84. The Bertz CT molecular complexity index is 391. The second kappa shape index (κ2) is 6.39. The maximum atomic E-state index is 13.7. The molecule has 1 fully saturated rings. The lowest BCUT2D eigenvalue weighted by Gasteiger charge is -2.34. The van der Waals surface area contributed by atoms with Crippen LogP contribution in [0.5, 0.6) is 0 Å². The van der Waals surface area contributed by atoms with E-state index in [0.29, 0.717) is 11.7 Å². The van der Waals surface area contributed by atoms with Crippen molar-refractivity contribution in [3.63, 3.8) is 0 Å². The molecule has 1 heterocycles. The molecule has 2 nitrogen and oxygen atoms in total. The van der Waals surface area contributed by atoms with Crippen molar-refractivity contribution in [3.8, 4) is 0 Å². The maximum absolute atomic E-state index is 13.7. The first-order chi connectivity index (χ1) is 8.76. The Morgan fingerprint density at radius 2 is 2.11 bits per heavy atom. The van der Waals surface area contributed by atoms with Crippen LogP contribution in [-0.4, -0.2) is 25.8 Å². The second-order valence-corrected chi connectivity index (χ2v) is 4.78. The Hall–Kier alpha value is -0.800. The molecule has 1 aliphatic rings. The molecule has 0 N–H and O–H groups in total. The van der Waals surface area contributed by atoms with E-state index in [4.69, 9.17) is 16.3 Å². The van der Waals surface area contributed by atoms with Gasteiger partial charge in [0.15, 0.2) is 0 Å². The van der Waals surface area contributed by atoms with Crippen LogP contribution < -0.4 is 4.90 Å². The molecule has 18 heavy (non-hydrogen) atoms. The molecular formula is C14H19ClFNO. The van der Waals surface area contributed by atoms with Crippen LogP contribution in [0, 0.1) is 5.82 Å². The van der Waals surface area contributed by atoms with E-state index in [2.05, 4.69) is 4.90 Å². The lowest BCUT2D eigenvalue weighted by Crippen LogP contribution is -2.37. The quantitative estimate of drug-likeness (QED) is 0.777. The summed E-state index contributed by atoms with van der Waals surface area (Å²) in [5, 5.41) is 0. The van der Waals surface area contributed by atoms with E-state index in [0.717, 1.165) is 38.2 Å². The van der Waals surface area contributed by atoms with Crippen LogP contribution in [0.3, 0.4) is 0 Å². The average Bonchev–Trinajstić information content (AvgIpc) is 2.40.